The molecule has 0 aliphatic carbocycles. The standard InChI is InChI=1S/C23H20ClNO5/c1-13-9-16(10-14(2)22(13)24)30-12-21(27)25-19(23(28)29)11-18-17-6-4-3-5-15(17)7-8-20(18)26/h3-11,26H,12H2,1-2H3,(H,25,27)(H,28,29)/b19-11+. The van der Waals surface area contributed by atoms with Gasteiger partial charge in [0.1, 0.15) is 17.2 Å². The zero-order chi connectivity index (χ0) is 21.8. The molecule has 0 radical (unpaired) electrons. The van der Waals surface area contributed by atoms with Crippen LogP contribution in [-0.4, -0.2) is 28.7 Å². The summed E-state index contributed by atoms with van der Waals surface area (Å²) in [6.07, 6.45) is 1.23. The Morgan fingerprint density at radius 2 is 1.77 bits per heavy atom. The van der Waals surface area contributed by atoms with Gasteiger partial charge in [0, 0.05) is 10.6 Å². The summed E-state index contributed by atoms with van der Waals surface area (Å²) in [5.74, 6) is -1.62. The molecule has 0 bridgehead atoms. The van der Waals surface area contributed by atoms with Crippen molar-refractivity contribution in [2.45, 2.75) is 13.8 Å². The zero-order valence-electron chi connectivity index (χ0n) is 16.4. The second kappa shape index (κ2) is 8.88. The summed E-state index contributed by atoms with van der Waals surface area (Å²) in [4.78, 5) is 23.9. The van der Waals surface area contributed by atoms with Gasteiger partial charge in [-0.05, 0) is 60.0 Å². The second-order valence-corrected chi connectivity index (χ2v) is 7.17. The smallest absolute Gasteiger partial charge is 0.352 e. The van der Waals surface area contributed by atoms with E-state index in [2.05, 4.69) is 5.32 Å². The average molecular weight is 426 g/mol. The Bertz CT molecular complexity index is 1150. The maximum Gasteiger partial charge on any atom is 0.352 e. The van der Waals surface area contributed by atoms with Crippen LogP contribution in [0.3, 0.4) is 0 Å². The number of fused-ring (bicyclic) bond motifs is 1. The largest absolute Gasteiger partial charge is 0.507 e. The Balaban J connectivity index is 1.80. The molecular weight excluding hydrogens is 406 g/mol. The fourth-order valence-electron chi connectivity index (χ4n) is 3.06. The Morgan fingerprint density at radius 1 is 1.10 bits per heavy atom. The Morgan fingerprint density at radius 3 is 2.43 bits per heavy atom. The summed E-state index contributed by atoms with van der Waals surface area (Å²) < 4.78 is 5.47. The molecule has 0 aliphatic rings. The fraction of sp³-hybridized carbons (Fsp3) is 0.130. The molecule has 0 spiro atoms. The van der Waals surface area contributed by atoms with Crippen LogP contribution in [0.4, 0.5) is 0 Å². The van der Waals surface area contributed by atoms with E-state index in [4.69, 9.17) is 16.3 Å². The summed E-state index contributed by atoms with van der Waals surface area (Å²) in [6, 6.07) is 13.8. The topological polar surface area (TPSA) is 95.9 Å². The number of hydrogen-bond donors (Lipinski definition) is 3. The first kappa shape index (κ1) is 21.2. The van der Waals surface area contributed by atoms with Gasteiger partial charge in [-0.1, -0.05) is 41.9 Å². The lowest BCUT2D eigenvalue weighted by Gasteiger charge is -2.11. The number of aromatic hydroxyl groups is 1. The number of carbonyl (C=O) groups is 2. The number of carboxylic acids is 1. The van der Waals surface area contributed by atoms with Crippen molar-refractivity contribution >= 4 is 40.3 Å². The molecule has 6 nitrogen and oxygen atoms in total. The number of phenols is 1. The van der Waals surface area contributed by atoms with E-state index < -0.39 is 11.9 Å². The van der Waals surface area contributed by atoms with Gasteiger partial charge in [-0.2, -0.15) is 0 Å². The van der Waals surface area contributed by atoms with Gasteiger partial charge in [-0.25, -0.2) is 4.79 Å². The van der Waals surface area contributed by atoms with Gasteiger partial charge in [-0.15, -0.1) is 0 Å². The van der Waals surface area contributed by atoms with Crippen molar-refractivity contribution in [2.24, 2.45) is 0 Å². The Kier molecular flexibility index (Phi) is 6.28. The molecule has 3 N–H and O–H groups in total. The average Bonchev–Trinajstić information content (AvgIpc) is 2.71. The number of aryl methyl sites for hydroxylation is 2. The first-order valence-corrected chi connectivity index (χ1v) is 9.49. The highest BCUT2D eigenvalue weighted by Gasteiger charge is 2.15. The number of rotatable bonds is 6. The summed E-state index contributed by atoms with van der Waals surface area (Å²) in [6.45, 7) is 3.26. The molecule has 0 heterocycles. The predicted octanol–water partition coefficient (Wildman–Crippen LogP) is 4.44. The number of carboxylic acid groups (broad SMARTS) is 1. The van der Waals surface area contributed by atoms with Crippen LogP contribution in [0.15, 0.2) is 54.2 Å². The Hall–Kier alpha value is -3.51. The van der Waals surface area contributed by atoms with Crippen molar-refractivity contribution in [3.63, 3.8) is 0 Å². The third-order valence-electron chi connectivity index (χ3n) is 4.52. The molecule has 3 aromatic rings. The molecule has 1 amide bonds. The van der Waals surface area contributed by atoms with E-state index in [1.54, 1.807) is 30.3 Å². The van der Waals surface area contributed by atoms with Crippen molar-refractivity contribution in [1.82, 2.24) is 5.32 Å². The van der Waals surface area contributed by atoms with Crippen LogP contribution in [0.5, 0.6) is 11.5 Å². The van der Waals surface area contributed by atoms with Crippen LogP contribution in [-0.2, 0) is 9.59 Å². The molecule has 7 heteroatoms. The quantitative estimate of drug-likeness (QED) is 0.507. The molecular formula is C23H20ClNO5. The van der Waals surface area contributed by atoms with E-state index in [0.29, 0.717) is 21.7 Å². The van der Waals surface area contributed by atoms with E-state index in [9.17, 15) is 19.8 Å². The Labute approximate surface area is 178 Å². The van der Waals surface area contributed by atoms with Crippen molar-refractivity contribution < 1.29 is 24.5 Å². The SMILES string of the molecule is Cc1cc(OCC(=O)N/C(=C/c2c(O)ccc3ccccc23)C(=O)O)cc(C)c1Cl. The van der Waals surface area contributed by atoms with Gasteiger partial charge in [0.25, 0.3) is 5.91 Å². The maximum absolute atomic E-state index is 12.3. The highest BCUT2D eigenvalue weighted by atomic mass is 35.5. The van der Waals surface area contributed by atoms with Crippen LogP contribution >= 0.6 is 11.6 Å². The number of benzene rings is 3. The molecule has 0 saturated heterocycles. The zero-order valence-corrected chi connectivity index (χ0v) is 17.2. The van der Waals surface area contributed by atoms with Gasteiger partial charge >= 0.3 is 5.97 Å². The molecule has 0 aromatic heterocycles. The number of ether oxygens (including phenoxy) is 1. The molecule has 0 atom stereocenters. The lowest BCUT2D eigenvalue weighted by Crippen LogP contribution is -2.31. The predicted molar refractivity (Wildman–Crippen MR) is 116 cm³/mol. The number of aliphatic carboxylic acids is 1. The third-order valence-corrected chi connectivity index (χ3v) is 5.12. The van der Waals surface area contributed by atoms with Crippen LogP contribution in [0.1, 0.15) is 16.7 Å². The summed E-state index contributed by atoms with van der Waals surface area (Å²) in [7, 11) is 0. The van der Waals surface area contributed by atoms with Gasteiger partial charge in [0.2, 0.25) is 0 Å². The molecule has 0 aliphatic heterocycles. The van der Waals surface area contributed by atoms with Crippen LogP contribution in [0.25, 0.3) is 16.8 Å². The summed E-state index contributed by atoms with van der Waals surface area (Å²) in [5, 5.41) is 24.2. The molecule has 30 heavy (non-hydrogen) atoms. The number of nitrogens with one attached hydrogen (secondary N) is 1. The van der Waals surface area contributed by atoms with Gasteiger partial charge in [-0.3, -0.25) is 4.79 Å². The molecule has 3 rings (SSSR count). The molecule has 3 aromatic carbocycles. The van der Waals surface area contributed by atoms with Crippen molar-refractivity contribution in [1.29, 1.82) is 0 Å². The van der Waals surface area contributed by atoms with Crippen molar-refractivity contribution in [2.75, 3.05) is 6.61 Å². The number of phenolic OH excluding ortho intramolecular Hbond substituents is 1. The lowest BCUT2D eigenvalue weighted by atomic mass is 10.0. The van der Waals surface area contributed by atoms with Crippen LogP contribution < -0.4 is 10.1 Å². The first-order chi connectivity index (χ1) is 14.3. The van der Waals surface area contributed by atoms with Gasteiger partial charge in [0.05, 0.1) is 0 Å². The van der Waals surface area contributed by atoms with Crippen molar-refractivity contribution in [3.8, 4) is 11.5 Å². The van der Waals surface area contributed by atoms with Crippen LogP contribution in [0.2, 0.25) is 5.02 Å². The maximum atomic E-state index is 12.3. The minimum absolute atomic E-state index is 0.0925. The van der Waals surface area contributed by atoms with Crippen LogP contribution in [0, 0.1) is 13.8 Å². The molecule has 0 unspecified atom stereocenters. The third kappa shape index (κ3) is 4.72. The van der Waals surface area contributed by atoms with Gasteiger partial charge in [0.15, 0.2) is 6.61 Å². The van der Waals surface area contributed by atoms with Crippen molar-refractivity contribution in [3.05, 3.63) is 75.9 Å². The van der Waals surface area contributed by atoms with E-state index in [0.717, 1.165) is 16.5 Å². The van der Waals surface area contributed by atoms with E-state index in [-0.39, 0.29) is 18.1 Å². The highest BCUT2D eigenvalue weighted by molar-refractivity contribution is 6.32. The molecule has 154 valence electrons. The molecule has 0 fully saturated rings. The minimum atomic E-state index is -1.34. The molecule has 0 saturated carbocycles. The van der Waals surface area contributed by atoms with Gasteiger partial charge < -0.3 is 20.3 Å². The second-order valence-electron chi connectivity index (χ2n) is 6.79. The summed E-state index contributed by atoms with van der Waals surface area (Å²) >= 11 is 6.12. The van der Waals surface area contributed by atoms with E-state index >= 15 is 0 Å². The fourth-order valence-corrected chi connectivity index (χ4v) is 3.17. The monoisotopic (exact) mass is 425 g/mol. The minimum Gasteiger partial charge on any atom is -0.507 e. The van der Waals surface area contributed by atoms with E-state index in [1.807, 2.05) is 26.0 Å². The number of halogens is 1. The van der Waals surface area contributed by atoms with E-state index in [1.165, 1.54) is 12.1 Å². The highest BCUT2D eigenvalue weighted by Crippen LogP contribution is 2.29. The number of carbonyl (C=O) groups excluding carboxylic acids is 1. The number of amides is 1. The normalized spacial score (nSPS) is 11.4. The summed E-state index contributed by atoms with van der Waals surface area (Å²) in [5.41, 5.74) is 1.55. The lowest BCUT2D eigenvalue weighted by molar-refractivity contribution is -0.134. The number of hydrogen-bond acceptors (Lipinski definition) is 4. The first-order valence-electron chi connectivity index (χ1n) is 9.11.